The van der Waals surface area contributed by atoms with Gasteiger partial charge in [0.15, 0.2) is 0 Å². The van der Waals surface area contributed by atoms with E-state index in [1.807, 2.05) is 0 Å². The molecule has 0 aliphatic heterocycles. The predicted octanol–water partition coefficient (Wildman–Crippen LogP) is 6.40. The molecule has 0 saturated heterocycles. The standard InChI is InChI=1S/C23H16N2S/c1-3-8-17(9-4-1)19-14-23-24-21(22-12-7-13-26-22)16-25(23)15-20(19)18-10-5-2-6-11-18/h1-16H. The Morgan fingerprint density at radius 3 is 2.04 bits per heavy atom. The fraction of sp³-hybridized carbons (Fsp3) is 0. The minimum absolute atomic E-state index is 0.965. The molecule has 0 unspecified atom stereocenters. The van der Waals surface area contributed by atoms with Gasteiger partial charge >= 0.3 is 0 Å². The molecule has 3 aromatic heterocycles. The van der Waals surface area contributed by atoms with Crippen molar-refractivity contribution in [2.75, 3.05) is 0 Å². The van der Waals surface area contributed by atoms with Crippen LogP contribution in [-0.2, 0) is 0 Å². The molecule has 0 bridgehead atoms. The van der Waals surface area contributed by atoms with Crippen LogP contribution >= 0.6 is 11.3 Å². The first-order valence-electron chi connectivity index (χ1n) is 8.56. The van der Waals surface area contributed by atoms with Crippen LogP contribution in [0.1, 0.15) is 0 Å². The fourth-order valence-electron chi connectivity index (χ4n) is 3.28. The van der Waals surface area contributed by atoms with Crippen molar-refractivity contribution < 1.29 is 0 Å². The van der Waals surface area contributed by atoms with Crippen molar-refractivity contribution in [2.24, 2.45) is 0 Å². The lowest BCUT2D eigenvalue weighted by Gasteiger charge is -2.11. The van der Waals surface area contributed by atoms with Gasteiger partial charge in [-0.2, -0.15) is 0 Å². The quantitative estimate of drug-likeness (QED) is 0.367. The summed E-state index contributed by atoms with van der Waals surface area (Å²) in [7, 11) is 0. The number of nitrogens with zero attached hydrogens (tertiary/aromatic N) is 2. The van der Waals surface area contributed by atoms with Crippen LogP contribution in [0, 0.1) is 0 Å². The first kappa shape index (κ1) is 15.1. The topological polar surface area (TPSA) is 17.3 Å². The maximum absolute atomic E-state index is 4.85. The highest BCUT2D eigenvalue weighted by molar-refractivity contribution is 7.13. The zero-order valence-corrected chi connectivity index (χ0v) is 14.9. The Kier molecular flexibility index (Phi) is 3.65. The minimum atomic E-state index is 0.965. The molecule has 0 radical (unpaired) electrons. The zero-order valence-electron chi connectivity index (χ0n) is 14.0. The van der Waals surface area contributed by atoms with E-state index < -0.39 is 0 Å². The van der Waals surface area contributed by atoms with E-state index in [0.717, 1.165) is 11.3 Å². The maximum Gasteiger partial charge on any atom is 0.138 e. The smallest absolute Gasteiger partial charge is 0.138 e. The van der Waals surface area contributed by atoms with Crippen molar-refractivity contribution in [3.8, 4) is 32.8 Å². The number of rotatable bonds is 3. The first-order chi connectivity index (χ1) is 12.9. The summed E-state index contributed by atoms with van der Waals surface area (Å²) in [6.45, 7) is 0. The minimum Gasteiger partial charge on any atom is -0.306 e. The van der Waals surface area contributed by atoms with Gasteiger partial charge in [0.2, 0.25) is 0 Å². The van der Waals surface area contributed by atoms with Gasteiger partial charge in [0.1, 0.15) is 5.65 Å². The second kappa shape index (κ2) is 6.28. The molecule has 2 nitrogen and oxygen atoms in total. The van der Waals surface area contributed by atoms with E-state index >= 15 is 0 Å². The molecule has 0 fully saturated rings. The molecule has 3 heteroatoms. The van der Waals surface area contributed by atoms with E-state index in [-0.39, 0.29) is 0 Å². The lowest BCUT2D eigenvalue weighted by Crippen LogP contribution is -1.91. The zero-order chi connectivity index (χ0) is 17.3. The molecule has 0 aliphatic rings. The number of imidazole rings is 1. The van der Waals surface area contributed by atoms with Crippen molar-refractivity contribution in [1.29, 1.82) is 0 Å². The Bertz CT molecular complexity index is 1080. The van der Waals surface area contributed by atoms with Gasteiger partial charge in [-0.05, 0) is 34.2 Å². The van der Waals surface area contributed by atoms with Gasteiger partial charge < -0.3 is 4.40 Å². The summed E-state index contributed by atoms with van der Waals surface area (Å²) in [6, 6.07) is 27.4. The van der Waals surface area contributed by atoms with Gasteiger partial charge in [-0.3, -0.25) is 0 Å². The Balaban J connectivity index is 1.77. The highest BCUT2D eigenvalue weighted by Gasteiger charge is 2.12. The molecule has 3 heterocycles. The average molecular weight is 352 g/mol. The second-order valence-electron chi connectivity index (χ2n) is 6.20. The lowest BCUT2D eigenvalue weighted by molar-refractivity contribution is 1.19. The van der Waals surface area contributed by atoms with E-state index in [1.165, 1.54) is 27.1 Å². The molecule has 0 N–H and O–H groups in total. The highest BCUT2D eigenvalue weighted by Crippen LogP contribution is 2.34. The van der Waals surface area contributed by atoms with Crippen LogP contribution in [0.5, 0.6) is 0 Å². The van der Waals surface area contributed by atoms with Crippen LogP contribution in [0.4, 0.5) is 0 Å². The van der Waals surface area contributed by atoms with E-state index in [9.17, 15) is 0 Å². The van der Waals surface area contributed by atoms with Crippen LogP contribution in [0.3, 0.4) is 0 Å². The molecule has 2 aromatic carbocycles. The molecule has 0 amide bonds. The van der Waals surface area contributed by atoms with E-state index in [2.05, 4.69) is 101 Å². The van der Waals surface area contributed by atoms with Crippen molar-refractivity contribution in [2.45, 2.75) is 0 Å². The normalized spacial score (nSPS) is 11.1. The first-order valence-corrected chi connectivity index (χ1v) is 9.44. The van der Waals surface area contributed by atoms with Crippen molar-refractivity contribution in [3.63, 3.8) is 0 Å². The number of pyridine rings is 1. The number of hydrogen-bond acceptors (Lipinski definition) is 2. The van der Waals surface area contributed by atoms with Gasteiger partial charge in [0.25, 0.3) is 0 Å². The van der Waals surface area contributed by atoms with Crippen LogP contribution in [0.15, 0.2) is 96.6 Å². The lowest BCUT2D eigenvalue weighted by atomic mass is 9.96. The van der Waals surface area contributed by atoms with E-state index in [4.69, 9.17) is 4.98 Å². The summed E-state index contributed by atoms with van der Waals surface area (Å²) >= 11 is 1.72. The molecule has 5 aromatic rings. The maximum atomic E-state index is 4.85. The molecule has 26 heavy (non-hydrogen) atoms. The van der Waals surface area contributed by atoms with Gasteiger partial charge in [-0.15, -0.1) is 11.3 Å². The molecule has 0 spiro atoms. The Labute approximate surface area is 156 Å². The Morgan fingerprint density at radius 1 is 0.692 bits per heavy atom. The third-order valence-corrected chi connectivity index (χ3v) is 5.43. The molecule has 0 saturated carbocycles. The summed E-state index contributed by atoms with van der Waals surface area (Å²) in [6.07, 6.45) is 4.31. The molecule has 0 aliphatic carbocycles. The monoisotopic (exact) mass is 352 g/mol. The summed E-state index contributed by atoms with van der Waals surface area (Å²) in [4.78, 5) is 6.04. The summed E-state index contributed by atoms with van der Waals surface area (Å²) in [5.74, 6) is 0. The number of hydrogen-bond donors (Lipinski definition) is 0. The van der Waals surface area contributed by atoms with Gasteiger partial charge in [0.05, 0.1) is 10.6 Å². The van der Waals surface area contributed by atoms with E-state index in [0.29, 0.717) is 0 Å². The SMILES string of the molecule is c1ccc(-c2cc3nc(-c4cccs4)cn3cc2-c2ccccc2)cc1. The second-order valence-corrected chi connectivity index (χ2v) is 7.15. The van der Waals surface area contributed by atoms with Crippen molar-refractivity contribution in [1.82, 2.24) is 9.38 Å². The van der Waals surface area contributed by atoms with Crippen LogP contribution in [0.2, 0.25) is 0 Å². The number of fused-ring (bicyclic) bond motifs is 1. The van der Waals surface area contributed by atoms with Crippen molar-refractivity contribution in [3.05, 3.63) is 96.6 Å². The van der Waals surface area contributed by atoms with Crippen LogP contribution < -0.4 is 0 Å². The van der Waals surface area contributed by atoms with Crippen LogP contribution in [-0.4, -0.2) is 9.38 Å². The molecule has 0 atom stereocenters. The van der Waals surface area contributed by atoms with Gasteiger partial charge in [-0.1, -0.05) is 66.7 Å². The van der Waals surface area contributed by atoms with Crippen LogP contribution in [0.25, 0.3) is 38.5 Å². The Morgan fingerprint density at radius 2 is 1.38 bits per heavy atom. The third kappa shape index (κ3) is 2.63. The van der Waals surface area contributed by atoms with Crippen molar-refractivity contribution >= 4 is 17.0 Å². The summed E-state index contributed by atoms with van der Waals surface area (Å²) in [5, 5.41) is 2.09. The molecular formula is C23H16N2S. The molecule has 5 rings (SSSR count). The van der Waals surface area contributed by atoms with Gasteiger partial charge in [-0.25, -0.2) is 4.98 Å². The summed E-state index contributed by atoms with van der Waals surface area (Å²) < 4.78 is 2.13. The average Bonchev–Trinajstić information content (AvgIpc) is 3.37. The number of thiophene rings is 1. The predicted molar refractivity (Wildman–Crippen MR) is 109 cm³/mol. The molecular weight excluding hydrogens is 336 g/mol. The Hall–Kier alpha value is -3.17. The number of benzene rings is 2. The number of aromatic nitrogens is 2. The van der Waals surface area contributed by atoms with E-state index in [1.54, 1.807) is 11.3 Å². The van der Waals surface area contributed by atoms with Gasteiger partial charge in [0, 0.05) is 18.0 Å². The summed E-state index contributed by atoms with van der Waals surface area (Å²) in [5.41, 5.74) is 6.80. The fourth-order valence-corrected chi connectivity index (χ4v) is 3.96. The molecule has 124 valence electrons. The largest absolute Gasteiger partial charge is 0.306 e. The highest BCUT2D eigenvalue weighted by atomic mass is 32.1. The third-order valence-electron chi connectivity index (χ3n) is 4.54.